The fraction of sp³-hybridized carbons (Fsp3) is 0.435. The van der Waals surface area contributed by atoms with Crippen molar-refractivity contribution in [2.24, 2.45) is 5.92 Å². The van der Waals surface area contributed by atoms with Crippen molar-refractivity contribution in [3.63, 3.8) is 0 Å². The molecule has 178 valence electrons. The lowest BCUT2D eigenvalue weighted by molar-refractivity contribution is -0.384. The van der Waals surface area contributed by atoms with Gasteiger partial charge in [-0.25, -0.2) is 8.42 Å². The van der Waals surface area contributed by atoms with E-state index in [1.165, 1.54) is 16.4 Å². The fourth-order valence-electron chi connectivity index (χ4n) is 3.92. The average molecular weight is 475 g/mol. The van der Waals surface area contributed by atoms with Gasteiger partial charge in [-0.2, -0.15) is 0 Å². The van der Waals surface area contributed by atoms with Crippen LogP contribution in [-0.4, -0.2) is 44.9 Å². The topological polar surface area (TPSA) is 113 Å². The van der Waals surface area contributed by atoms with Gasteiger partial charge in [0.15, 0.2) is 0 Å². The molecule has 9 nitrogen and oxygen atoms in total. The molecule has 2 aromatic rings. The van der Waals surface area contributed by atoms with E-state index in [9.17, 15) is 23.3 Å². The van der Waals surface area contributed by atoms with E-state index in [1.54, 1.807) is 37.3 Å². The number of nitro benzene ring substituents is 1. The molecule has 1 N–H and O–H groups in total. The highest BCUT2D eigenvalue weighted by Gasteiger charge is 2.30. The van der Waals surface area contributed by atoms with Gasteiger partial charge in [-0.1, -0.05) is 32.0 Å². The maximum Gasteiger partial charge on any atom is 0.293 e. The number of hydrogen-bond donors (Lipinski definition) is 1. The minimum Gasteiger partial charge on any atom is -0.366 e. The molecule has 0 aliphatic carbocycles. The maximum absolute atomic E-state index is 13.3. The van der Waals surface area contributed by atoms with Crippen LogP contribution in [0.15, 0.2) is 53.4 Å². The predicted octanol–water partition coefficient (Wildman–Crippen LogP) is 3.55. The molecule has 1 amide bonds. The van der Waals surface area contributed by atoms with Gasteiger partial charge in [-0.05, 0) is 44.0 Å². The van der Waals surface area contributed by atoms with E-state index >= 15 is 0 Å². The van der Waals surface area contributed by atoms with Gasteiger partial charge in [0.2, 0.25) is 5.91 Å². The molecule has 0 spiro atoms. The Bertz CT molecular complexity index is 1100. The third kappa shape index (κ3) is 5.44. The summed E-state index contributed by atoms with van der Waals surface area (Å²) < 4.78 is 27.8. The number of para-hydroxylation sites is 1. The number of carbonyl (C=O) groups excluding carboxylic acids is 1. The lowest BCUT2D eigenvalue weighted by atomic mass is 10.0. The number of nitrogens with zero attached hydrogens (tertiary/aromatic N) is 3. The van der Waals surface area contributed by atoms with Crippen molar-refractivity contribution >= 4 is 33.0 Å². The smallest absolute Gasteiger partial charge is 0.293 e. The van der Waals surface area contributed by atoms with Crippen LogP contribution < -0.4 is 14.5 Å². The molecule has 3 rings (SSSR count). The zero-order valence-electron chi connectivity index (χ0n) is 19.1. The lowest BCUT2D eigenvalue weighted by Gasteiger charge is -2.34. The number of amides is 1. The second-order valence-corrected chi connectivity index (χ2v) is 10.2. The highest BCUT2D eigenvalue weighted by molar-refractivity contribution is 7.92. The number of carbonyl (C=O) groups is 1. The summed E-state index contributed by atoms with van der Waals surface area (Å²) in [6.45, 7) is 6.64. The number of rotatable bonds is 8. The van der Waals surface area contributed by atoms with Crippen molar-refractivity contribution in [1.29, 1.82) is 0 Å². The summed E-state index contributed by atoms with van der Waals surface area (Å²) in [5.74, 6) is -0.106. The number of nitro groups is 1. The van der Waals surface area contributed by atoms with Gasteiger partial charge in [0.25, 0.3) is 15.7 Å². The lowest BCUT2D eigenvalue weighted by Crippen LogP contribution is -2.46. The average Bonchev–Trinajstić information content (AvgIpc) is 2.80. The second kappa shape index (κ2) is 10.2. The van der Waals surface area contributed by atoms with Crippen molar-refractivity contribution in [2.75, 3.05) is 28.8 Å². The Morgan fingerprint density at radius 2 is 1.82 bits per heavy atom. The number of nitrogens with one attached hydrogen (secondary N) is 1. The Hall–Kier alpha value is -3.14. The van der Waals surface area contributed by atoms with Crippen molar-refractivity contribution in [3.05, 3.63) is 58.6 Å². The first-order chi connectivity index (χ1) is 15.6. The monoisotopic (exact) mass is 474 g/mol. The summed E-state index contributed by atoms with van der Waals surface area (Å²) in [4.78, 5) is 25.0. The number of sulfonamides is 1. The molecule has 1 heterocycles. The van der Waals surface area contributed by atoms with E-state index in [-0.39, 0.29) is 35.0 Å². The molecule has 0 unspecified atom stereocenters. The third-order valence-electron chi connectivity index (χ3n) is 5.77. The highest BCUT2D eigenvalue weighted by Crippen LogP contribution is 2.34. The Labute approximate surface area is 194 Å². The van der Waals surface area contributed by atoms with Gasteiger partial charge >= 0.3 is 0 Å². The van der Waals surface area contributed by atoms with Crippen molar-refractivity contribution in [3.8, 4) is 0 Å². The van der Waals surface area contributed by atoms with Crippen LogP contribution in [0.2, 0.25) is 0 Å². The van der Waals surface area contributed by atoms with Crippen LogP contribution in [0.5, 0.6) is 0 Å². The third-order valence-corrected chi connectivity index (χ3v) is 7.67. The fourth-order valence-corrected chi connectivity index (χ4v) is 5.42. The summed E-state index contributed by atoms with van der Waals surface area (Å²) >= 11 is 0. The molecule has 10 heteroatoms. The molecule has 0 radical (unpaired) electrons. The molecule has 33 heavy (non-hydrogen) atoms. The van der Waals surface area contributed by atoms with Crippen molar-refractivity contribution in [1.82, 2.24) is 5.32 Å². The first-order valence-corrected chi connectivity index (χ1v) is 12.5. The number of benzene rings is 2. The zero-order valence-corrected chi connectivity index (χ0v) is 19.9. The molecule has 1 fully saturated rings. The first-order valence-electron chi connectivity index (χ1n) is 11.1. The molecule has 1 aliphatic heterocycles. The largest absolute Gasteiger partial charge is 0.366 e. The van der Waals surface area contributed by atoms with Crippen molar-refractivity contribution in [2.45, 2.75) is 44.6 Å². The Kier molecular flexibility index (Phi) is 7.57. The van der Waals surface area contributed by atoms with Gasteiger partial charge in [0, 0.05) is 37.7 Å². The molecule has 0 saturated carbocycles. The SMILES string of the molecule is CCN(c1ccccc1)S(=O)(=O)c1ccc(N2CCC(NC(=O)C(C)C)CC2)c([N+](=O)[O-])c1. The summed E-state index contributed by atoms with van der Waals surface area (Å²) in [5.41, 5.74) is 0.637. The van der Waals surface area contributed by atoms with Gasteiger partial charge in [-0.3, -0.25) is 19.2 Å². The van der Waals surface area contributed by atoms with Gasteiger partial charge in [-0.15, -0.1) is 0 Å². The van der Waals surface area contributed by atoms with E-state index in [0.717, 1.165) is 6.07 Å². The van der Waals surface area contributed by atoms with Crippen LogP contribution in [-0.2, 0) is 14.8 Å². The summed E-state index contributed by atoms with van der Waals surface area (Å²) in [5, 5.41) is 14.9. The van der Waals surface area contributed by atoms with Gasteiger partial charge < -0.3 is 10.2 Å². The number of piperidine rings is 1. The minimum absolute atomic E-state index is 0.00659. The van der Waals surface area contributed by atoms with Gasteiger partial charge in [0.05, 0.1) is 15.5 Å². The first kappa shape index (κ1) is 24.5. The molecule has 1 aliphatic rings. The van der Waals surface area contributed by atoms with Crippen LogP contribution in [0.25, 0.3) is 0 Å². The van der Waals surface area contributed by atoms with Crippen LogP contribution in [0, 0.1) is 16.0 Å². The molecule has 1 saturated heterocycles. The molecule has 0 atom stereocenters. The number of anilines is 2. The van der Waals surface area contributed by atoms with Crippen LogP contribution in [0.3, 0.4) is 0 Å². The minimum atomic E-state index is -3.98. The predicted molar refractivity (Wildman–Crippen MR) is 128 cm³/mol. The Balaban J connectivity index is 1.84. The maximum atomic E-state index is 13.3. The molecule has 0 bridgehead atoms. The van der Waals surface area contributed by atoms with Crippen LogP contribution >= 0.6 is 0 Å². The standard InChI is InChI=1S/C23H30N4O5S/c1-4-26(19-8-6-5-7-9-19)33(31,32)20-10-11-21(22(16-20)27(29)30)25-14-12-18(13-15-25)24-23(28)17(2)3/h5-11,16-18H,4,12-15H2,1-3H3,(H,24,28). The quantitative estimate of drug-likeness (QED) is 0.462. The summed E-state index contributed by atoms with van der Waals surface area (Å²) in [6.07, 6.45) is 1.32. The van der Waals surface area contributed by atoms with E-state index < -0.39 is 14.9 Å². The molecule has 0 aromatic heterocycles. The van der Waals surface area contributed by atoms with Crippen LogP contribution in [0.4, 0.5) is 17.1 Å². The normalized spacial score (nSPS) is 14.8. The van der Waals surface area contributed by atoms with E-state index in [2.05, 4.69) is 5.32 Å². The molecular weight excluding hydrogens is 444 g/mol. The summed E-state index contributed by atoms with van der Waals surface area (Å²) in [6, 6.07) is 12.8. The van der Waals surface area contributed by atoms with Crippen molar-refractivity contribution < 1.29 is 18.1 Å². The van der Waals surface area contributed by atoms with E-state index in [1.807, 2.05) is 18.7 Å². The zero-order chi connectivity index (χ0) is 24.2. The van der Waals surface area contributed by atoms with Crippen LogP contribution in [0.1, 0.15) is 33.6 Å². The molecular formula is C23H30N4O5S. The second-order valence-electron chi connectivity index (χ2n) is 8.34. The Morgan fingerprint density at radius 1 is 1.18 bits per heavy atom. The summed E-state index contributed by atoms with van der Waals surface area (Å²) in [7, 11) is -3.98. The van der Waals surface area contributed by atoms with E-state index in [4.69, 9.17) is 0 Å². The number of hydrogen-bond acceptors (Lipinski definition) is 6. The van der Waals surface area contributed by atoms with Gasteiger partial charge in [0.1, 0.15) is 5.69 Å². The van der Waals surface area contributed by atoms with E-state index in [0.29, 0.717) is 37.3 Å². The molecule has 2 aromatic carbocycles. The highest BCUT2D eigenvalue weighted by atomic mass is 32.2. The Morgan fingerprint density at radius 3 is 2.36 bits per heavy atom.